The van der Waals surface area contributed by atoms with Gasteiger partial charge in [0.25, 0.3) is 0 Å². The summed E-state index contributed by atoms with van der Waals surface area (Å²) in [6.45, 7) is 14.8. The highest BCUT2D eigenvalue weighted by Gasteiger charge is 2.09. The molecule has 22 heavy (non-hydrogen) atoms. The highest BCUT2D eigenvalue weighted by molar-refractivity contribution is 5.69. The van der Waals surface area contributed by atoms with E-state index in [-0.39, 0.29) is 5.97 Å². The summed E-state index contributed by atoms with van der Waals surface area (Å²) in [5.74, 6) is 0.289. The lowest BCUT2D eigenvalue weighted by Gasteiger charge is -2.10. The molecule has 1 atom stereocenters. The molecule has 126 valence electrons. The monoisotopic (exact) mass is 306 g/mol. The molecule has 0 radical (unpaired) electrons. The third-order valence-corrected chi connectivity index (χ3v) is 3.55. The van der Waals surface area contributed by atoms with Gasteiger partial charge in [-0.2, -0.15) is 0 Å². The van der Waals surface area contributed by atoms with Crippen molar-refractivity contribution in [3.63, 3.8) is 0 Å². The molecule has 0 saturated heterocycles. The number of hydrogen-bond acceptors (Lipinski definition) is 2. The molecule has 0 spiro atoms. The van der Waals surface area contributed by atoms with Crippen LogP contribution < -0.4 is 0 Å². The lowest BCUT2D eigenvalue weighted by molar-refractivity contribution is -0.144. The van der Waals surface area contributed by atoms with Gasteiger partial charge in [-0.25, -0.2) is 0 Å². The van der Waals surface area contributed by atoms with Crippen LogP contribution in [0.5, 0.6) is 0 Å². The van der Waals surface area contributed by atoms with Gasteiger partial charge >= 0.3 is 5.97 Å². The first-order valence-corrected chi connectivity index (χ1v) is 8.40. The van der Waals surface area contributed by atoms with Gasteiger partial charge in [-0.15, -0.1) is 6.58 Å². The van der Waals surface area contributed by atoms with Crippen LogP contribution in [0.25, 0.3) is 0 Å². The predicted molar refractivity (Wildman–Crippen MR) is 95.8 cm³/mol. The number of rotatable bonds is 11. The van der Waals surface area contributed by atoms with Crippen molar-refractivity contribution in [2.24, 2.45) is 5.92 Å². The Morgan fingerprint density at radius 1 is 1.09 bits per heavy atom. The zero-order valence-electron chi connectivity index (χ0n) is 15.2. The molecule has 2 heteroatoms. The van der Waals surface area contributed by atoms with E-state index in [0.29, 0.717) is 18.9 Å². The van der Waals surface area contributed by atoms with Gasteiger partial charge in [0.15, 0.2) is 0 Å². The maximum atomic E-state index is 11.7. The first-order valence-electron chi connectivity index (χ1n) is 8.40. The van der Waals surface area contributed by atoms with Crippen LogP contribution >= 0.6 is 0 Å². The van der Waals surface area contributed by atoms with Gasteiger partial charge in [0.05, 0.1) is 6.61 Å². The van der Waals surface area contributed by atoms with Crippen molar-refractivity contribution in [1.82, 2.24) is 0 Å². The molecule has 0 amide bonds. The van der Waals surface area contributed by atoms with E-state index >= 15 is 0 Å². The number of carbonyl (C=O) groups is 1. The van der Waals surface area contributed by atoms with Gasteiger partial charge in [-0.3, -0.25) is 4.79 Å². The summed E-state index contributed by atoms with van der Waals surface area (Å²) in [5.41, 5.74) is 3.87. The Bertz CT molecular complexity index is 398. The van der Waals surface area contributed by atoms with Crippen molar-refractivity contribution in [2.45, 2.75) is 73.1 Å². The van der Waals surface area contributed by atoms with Crippen LogP contribution in [-0.4, -0.2) is 12.6 Å². The molecule has 0 aromatic heterocycles. The Balaban J connectivity index is 3.83. The lowest BCUT2D eigenvalue weighted by Crippen LogP contribution is -2.10. The molecule has 0 fully saturated rings. The largest absolute Gasteiger partial charge is 0.465 e. The number of esters is 1. The summed E-state index contributed by atoms with van der Waals surface area (Å²) in [4.78, 5) is 11.7. The first-order chi connectivity index (χ1) is 10.3. The normalized spacial score (nSPS) is 12.7. The van der Waals surface area contributed by atoms with Gasteiger partial charge in [0.2, 0.25) is 0 Å². The fourth-order valence-corrected chi connectivity index (χ4v) is 2.09. The second kappa shape index (κ2) is 12.3. The maximum absolute atomic E-state index is 11.7. The molecule has 0 heterocycles. The maximum Gasteiger partial charge on any atom is 0.306 e. The number of ether oxygens (including phenoxy) is 1. The van der Waals surface area contributed by atoms with E-state index in [1.807, 2.05) is 6.92 Å². The van der Waals surface area contributed by atoms with Crippen LogP contribution in [0.2, 0.25) is 0 Å². The second-order valence-electron chi connectivity index (χ2n) is 6.68. The Morgan fingerprint density at radius 2 is 1.77 bits per heavy atom. The molecule has 0 aromatic rings. The van der Waals surface area contributed by atoms with Crippen molar-refractivity contribution >= 4 is 5.97 Å². The van der Waals surface area contributed by atoms with Crippen LogP contribution in [0, 0.1) is 5.92 Å². The Morgan fingerprint density at radius 3 is 2.36 bits per heavy atom. The third-order valence-electron chi connectivity index (χ3n) is 3.55. The molecule has 0 N–H and O–H groups in total. The molecular formula is C20H34O2. The number of hydrogen-bond donors (Lipinski definition) is 0. The van der Waals surface area contributed by atoms with Crippen LogP contribution in [0.3, 0.4) is 0 Å². The molecule has 0 saturated carbocycles. The summed E-state index contributed by atoms with van der Waals surface area (Å²) < 4.78 is 5.20. The zero-order chi connectivity index (χ0) is 17.0. The van der Waals surface area contributed by atoms with Gasteiger partial charge in [-0.05, 0) is 59.3 Å². The molecule has 0 aliphatic carbocycles. The number of allylic oxidation sites excluding steroid dienone is 4. The molecule has 0 rings (SSSR count). The summed E-state index contributed by atoms with van der Waals surface area (Å²) in [5, 5.41) is 0. The van der Waals surface area contributed by atoms with E-state index in [2.05, 4.69) is 46.4 Å². The fourth-order valence-electron chi connectivity index (χ4n) is 2.09. The highest BCUT2D eigenvalue weighted by atomic mass is 16.5. The Kier molecular flexibility index (Phi) is 11.5. The van der Waals surface area contributed by atoms with E-state index in [1.165, 1.54) is 11.1 Å². The summed E-state index contributed by atoms with van der Waals surface area (Å²) in [7, 11) is 0. The van der Waals surface area contributed by atoms with E-state index in [1.54, 1.807) is 0 Å². The zero-order valence-corrected chi connectivity index (χ0v) is 15.2. The third kappa shape index (κ3) is 13.7. The van der Waals surface area contributed by atoms with E-state index in [0.717, 1.165) is 37.7 Å². The number of carbonyl (C=O) groups excluding carboxylic acids is 1. The van der Waals surface area contributed by atoms with Gasteiger partial charge in [0.1, 0.15) is 0 Å². The van der Waals surface area contributed by atoms with Gasteiger partial charge in [-0.1, -0.05) is 35.8 Å². The summed E-state index contributed by atoms with van der Waals surface area (Å²) in [6, 6.07) is 0. The van der Waals surface area contributed by atoms with E-state index in [4.69, 9.17) is 4.74 Å². The van der Waals surface area contributed by atoms with Crippen LogP contribution in [0.1, 0.15) is 73.1 Å². The van der Waals surface area contributed by atoms with Crippen molar-refractivity contribution in [2.75, 3.05) is 6.61 Å². The minimum Gasteiger partial charge on any atom is -0.465 e. The average molecular weight is 306 g/mol. The highest BCUT2D eigenvalue weighted by Crippen LogP contribution is 2.15. The standard InChI is InChI=1S/C20H34O2/c1-16(2)9-7-10-18(5)11-8-12-19(6)15-20(21)22-14-13-17(3)4/h9,11,19H,3,7-8,10,12-15H2,1-2,4-6H3/b18-11+/t19-/m1/s1. The molecule has 0 unspecified atom stereocenters. The smallest absolute Gasteiger partial charge is 0.306 e. The van der Waals surface area contributed by atoms with E-state index < -0.39 is 0 Å². The molecule has 0 bridgehead atoms. The molecule has 2 nitrogen and oxygen atoms in total. The van der Waals surface area contributed by atoms with Crippen molar-refractivity contribution in [3.05, 3.63) is 35.5 Å². The lowest BCUT2D eigenvalue weighted by atomic mass is 10.00. The molecule has 0 aliphatic rings. The minimum atomic E-state index is -0.0852. The first kappa shape index (κ1) is 20.7. The topological polar surface area (TPSA) is 26.3 Å². The second-order valence-corrected chi connectivity index (χ2v) is 6.68. The Hall–Kier alpha value is -1.31. The Labute approximate surface area is 137 Å². The van der Waals surface area contributed by atoms with Crippen molar-refractivity contribution in [3.8, 4) is 0 Å². The quantitative estimate of drug-likeness (QED) is 0.346. The molecule has 0 aliphatic heterocycles. The van der Waals surface area contributed by atoms with E-state index in [9.17, 15) is 4.79 Å². The van der Waals surface area contributed by atoms with Gasteiger partial charge < -0.3 is 4.74 Å². The molecular weight excluding hydrogens is 272 g/mol. The SMILES string of the molecule is C=C(C)CCOC(=O)C[C@H](C)CC/C=C(\C)CCC=C(C)C. The van der Waals surface area contributed by atoms with Crippen LogP contribution in [-0.2, 0) is 9.53 Å². The summed E-state index contributed by atoms with van der Waals surface area (Å²) >= 11 is 0. The summed E-state index contributed by atoms with van der Waals surface area (Å²) in [6.07, 6.45) is 10.2. The molecule has 0 aromatic carbocycles. The van der Waals surface area contributed by atoms with Crippen LogP contribution in [0.4, 0.5) is 0 Å². The van der Waals surface area contributed by atoms with Crippen molar-refractivity contribution < 1.29 is 9.53 Å². The predicted octanol–water partition coefficient (Wildman–Crippen LogP) is 5.99. The average Bonchev–Trinajstić information content (AvgIpc) is 2.37. The minimum absolute atomic E-state index is 0.0852. The van der Waals surface area contributed by atoms with Gasteiger partial charge in [0, 0.05) is 12.8 Å². The van der Waals surface area contributed by atoms with Crippen molar-refractivity contribution in [1.29, 1.82) is 0 Å². The van der Waals surface area contributed by atoms with Crippen LogP contribution in [0.15, 0.2) is 35.5 Å². The fraction of sp³-hybridized carbons (Fsp3) is 0.650.